The maximum atomic E-state index is 11.6. The number of thioether (sulfide) groups is 1. The summed E-state index contributed by atoms with van der Waals surface area (Å²) < 4.78 is 0. The Hall–Kier alpha value is -0.750. The van der Waals surface area contributed by atoms with Gasteiger partial charge in [0.15, 0.2) is 0 Å². The van der Waals surface area contributed by atoms with Gasteiger partial charge in [0, 0.05) is 26.8 Å². The molecule has 1 atom stereocenters. The van der Waals surface area contributed by atoms with Gasteiger partial charge in [-0.3, -0.25) is 14.6 Å². The summed E-state index contributed by atoms with van der Waals surface area (Å²) >= 11 is 1.52. The van der Waals surface area contributed by atoms with Crippen molar-refractivity contribution in [1.82, 2.24) is 15.8 Å². The van der Waals surface area contributed by atoms with Crippen LogP contribution in [0.25, 0.3) is 0 Å². The van der Waals surface area contributed by atoms with Gasteiger partial charge in [-0.25, -0.2) is 5.43 Å². The fourth-order valence-electron chi connectivity index (χ4n) is 0.931. The Morgan fingerprint density at radius 1 is 1.50 bits per heavy atom. The van der Waals surface area contributed by atoms with Crippen molar-refractivity contribution in [2.24, 2.45) is 0 Å². The van der Waals surface area contributed by atoms with E-state index in [1.54, 1.807) is 14.1 Å². The number of likely N-dealkylation sites (N-methyl/N-ethyl adjacent to an activating group) is 1. The van der Waals surface area contributed by atoms with Crippen LogP contribution in [0.3, 0.4) is 0 Å². The van der Waals surface area contributed by atoms with E-state index in [-0.39, 0.29) is 11.8 Å². The van der Waals surface area contributed by atoms with Crippen LogP contribution in [-0.4, -0.2) is 49.0 Å². The predicted molar refractivity (Wildman–Crippen MR) is 57.8 cm³/mol. The van der Waals surface area contributed by atoms with Crippen LogP contribution in [0.2, 0.25) is 0 Å². The molecule has 0 aromatic rings. The van der Waals surface area contributed by atoms with Gasteiger partial charge in [0.05, 0.1) is 0 Å². The van der Waals surface area contributed by atoms with E-state index in [9.17, 15) is 9.59 Å². The fraction of sp³-hybridized carbons (Fsp3) is 0.750. The quantitative estimate of drug-likeness (QED) is 0.609. The Labute approximate surface area is 88.6 Å². The highest BCUT2D eigenvalue weighted by molar-refractivity contribution is 7.98. The SMILES string of the molecule is CNN(C)C(=O)C(CSC)NC(C)=O. The first-order valence-electron chi connectivity index (χ1n) is 4.24. The van der Waals surface area contributed by atoms with Crippen molar-refractivity contribution < 1.29 is 9.59 Å². The standard InChI is InChI=1S/C8H17N3O2S/c1-6(12)10-7(5-14-4)8(13)11(3)9-2/h7,9H,5H2,1-4H3,(H,10,12). The van der Waals surface area contributed by atoms with Gasteiger partial charge in [0.1, 0.15) is 6.04 Å². The molecule has 0 bridgehead atoms. The van der Waals surface area contributed by atoms with E-state index >= 15 is 0 Å². The first-order valence-corrected chi connectivity index (χ1v) is 5.63. The van der Waals surface area contributed by atoms with Crippen LogP contribution in [0.1, 0.15) is 6.92 Å². The Kier molecular flexibility index (Phi) is 6.31. The van der Waals surface area contributed by atoms with Gasteiger partial charge in [-0.2, -0.15) is 11.8 Å². The van der Waals surface area contributed by atoms with Gasteiger partial charge in [-0.05, 0) is 6.26 Å². The third kappa shape index (κ3) is 4.48. The highest BCUT2D eigenvalue weighted by atomic mass is 32.2. The maximum absolute atomic E-state index is 11.6. The lowest BCUT2D eigenvalue weighted by atomic mass is 10.3. The van der Waals surface area contributed by atoms with Crippen LogP contribution in [0.5, 0.6) is 0 Å². The summed E-state index contributed by atoms with van der Waals surface area (Å²) in [6.45, 7) is 1.40. The molecule has 0 heterocycles. The van der Waals surface area contributed by atoms with Crippen LogP contribution in [-0.2, 0) is 9.59 Å². The first-order chi connectivity index (χ1) is 6.52. The number of nitrogens with one attached hydrogen (secondary N) is 2. The van der Waals surface area contributed by atoms with Crippen molar-refractivity contribution in [3.8, 4) is 0 Å². The molecule has 6 heteroatoms. The molecule has 2 amide bonds. The minimum absolute atomic E-state index is 0.142. The number of nitrogens with zero attached hydrogens (tertiary/aromatic N) is 1. The summed E-state index contributed by atoms with van der Waals surface area (Å²) in [7, 11) is 3.28. The zero-order valence-electron chi connectivity index (χ0n) is 8.96. The normalized spacial score (nSPS) is 12.0. The summed E-state index contributed by atoms with van der Waals surface area (Å²) in [5.74, 6) is 0.240. The molecular formula is C8H17N3O2S. The topological polar surface area (TPSA) is 61.4 Å². The van der Waals surface area contributed by atoms with Crippen LogP contribution in [0.15, 0.2) is 0 Å². The summed E-state index contributed by atoms with van der Waals surface area (Å²) in [6.07, 6.45) is 1.89. The lowest BCUT2D eigenvalue weighted by molar-refractivity contribution is -0.136. The molecule has 0 spiro atoms. The molecule has 5 nitrogen and oxygen atoms in total. The number of hydrazine groups is 1. The van der Waals surface area contributed by atoms with E-state index in [2.05, 4.69) is 10.7 Å². The van der Waals surface area contributed by atoms with E-state index in [1.165, 1.54) is 23.7 Å². The minimum atomic E-state index is -0.458. The molecule has 1 unspecified atom stereocenters. The van der Waals surface area contributed by atoms with Crippen molar-refractivity contribution in [3.05, 3.63) is 0 Å². The molecule has 0 aliphatic heterocycles. The van der Waals surface area contributed by atoms with E-state index in [0.29, 0.717) is 5.75 Å². The molecule has 14 heavy (non-hydrogen) atoms. The molecule has 82 valence electrons. The Morgan fingerprint density at radius 2 is 2.07 bits per heavy atom. The second-order valence-electron chi connectivity index (χ2n) is 2.83. The molecule has 0 aliphatic rings. The van der Waals surface area contributed by atoms with Crippen LogP contribution in [0.4, 0.5) is 0 Å². The third-order valence-corrected chi connectivity index (χ3v) is 2.34. The molecule has 0 saturated carbocycles. The second-order valence-corrected chi connectivity index (χ2v) is 3.74. The summed E-state index contributed by atoms with van der Waals surface area (Å²) in [6, 6.07) is -0.458. The Balaban J connectivity index is 4.31. The van der Waals surface area contributed by atoms with Crippen LogP contribution < -0.4 is 10.7 Å². The van der Waals surface area contributed by atoms with Crippen molar-refractivity contribution in [2.75, 3.05) is 26.1 Å². The Morgan fingerprint density at radius 3 is 2.43 bits per heavy atom. The number of amides is 2. The van der Waals surface area contributed by atoms with E-state index < -0.39 is 6.04 Å². The predicted octanol–water partition coefficient (Wildman–Crippen LogP) is -0.553. The summed E-state index contributed by atoms with van der Waals surface area (Å²) in [5.41, 5.74) is 2.70. The highest BCUT2D eigenvalue weighted by Gasteiger charge is 2.21. The van der Waals surface area contributed by atoms with Gasteiger partial charge in [-0.15, -0.1) is 0 Å². The van der Waals surface area contributed by atoms with Crippen molar-refractivity contribution in [1.29, 1.82) is 0 Å². The first kappa shape index (κ1) is 13.2. The van der Waals surface area contributed by atoms with Crippen molar-refractivity contribution >= 4 is 23.6 Å². The second kappa shape index (κ2) is 6.67. The largest absolute Gasteiger partial charge is 0.344 e. The zero-order chi connectivity index (χ0) is 11.1. The number of carbonyl (C=O) groups is 2. The van der Waals surface area contributed by atoms with Crippen LogP contribution in [0, 0.1) is 0 Å². The summed E-state index contributed by atoms with van der Waals surface area (Å²) in [5, 5.41) is 3.96. The smallest absolute Gasteiger partial charge is 0.259 e. The number of rotatable bonds is 5. The minimum Gasteiger partial charge on any atom is -0.344 e. The molecule has 0 aromatic carbocycles. The van der Waals surface area contributed by atoms with E-state index in [4.69, 9.17) is 0 Å². The Bertz CT molecular complexity index is 211. The van der Waals surface area contributed by atoms with Crippen LogP contribution >= 0.6 is 11.8 Å². The van der Waals surface area contributed by atoms with Gasteiger partial charge in [0.25, 0.3) is 5.91 Å². The summed E-state index contributed by atoms with van der Waals surface area (Å²) in [4.78, 5) is 22.5. The van der Waals surface area contributed by atoms with E-state index in [1.807, 2.05) is 6.26 Å². The number of carbonyl (C=O) groups excluding carboxylic acids is 2. The maximum Gasteiger partial charge on any atom is 0.259 e. The average Bonchev–Trinajstić information content (AvgIpc) is 2.14. The van der Waals surface area contributed by atoms with Gasteiger partial charge < -0.3 is 5.32 Å². The number of hydrogen-bond acceptors (Lipinski definition) is 4. The van der Waals surface area contributed by atoms with Crippen molar-refractivity contribution in [2.45, 2.75) is 13.0 Å². The van der Waals surface area contributed by atoms with Gasteiger partial charge >= 0.3 is 0 Å². The molecule has 0 aliphatic carbocycles. The van der Waals surface area contributed by atoms with Crippen molar-refractivity contribution in [3.63, 3.8) is 0 Å². The molecule has 0 fully saturated rings. The van der Waals surface area contributed by atoms with Gasteiger partial charge in [-0.1, -0.05) is 0 Å². The fourth-order valence-corrected chi connectivity index (χ4v) is 1.49. The molecule has 0 radical (unpaired) electrons. The highest BCUT2D eigenvalue weighted by Crippen LogP contribution is 1.99. The number of hydrogen-bond donors (Lipinski definition) is 2. The average molecular weight is 219 g/mol. The van der Waals surface area contributed by atoms with Gasteiger partial charge in [0.2, 0.25) is 5.91 Å². The zero-order valence-corrected chi connectivity index (χ0v) is 9.77. The molecular weight excluding hydrogens is 202 g/mol. The van der Waals surface area contributed by atoms with E-state index in [0.717, 1.165) is 0 Å². The molecule has 0 saturated heterocycles. The third-order valence-electron chi connectivity index (χ3n) is 1.67. The molecule has 0 rings (SSSR count). The lowest BCUT2D eigenvalue weighted by Crippen LogP contribution is -2.51. The molecule has 0 aromatic heterocycles. The monoisotopic (exact) mass is 219 g/mol. The molecule has 2 N–H and O–H groups in total. The lowest BCUT2D eigenvalue weighted by Gasteiger charge is -2.22.